The van der Waals surface area contributed by atoms with E-state index in [1.807, 2.05) is 63.2 Å². The monoisotopic (exact) mass is 268 g/mol. The predicted molar refractivity (Wildman–Crippen MR) is 82.7 cm³/mol. The number of benzene rings is 2. The van der Waals surface area contributed by atoms with Crippen LogP contribution < -0.4 is 11.1 Å². The van der Waals surface area contributed by atoms with Gasteiger partial charge in [0, 0.05) is 11.3 Å². The Bertz CT molecular complexity index is 597. The third-order valence-electron chi connectivity index (χ3n) is 3.49. The molecule has 3 nitrogen and oxygen atoms in total. The lowest BCUT2D eigenvalue weighted by Gasteiger charge is -2.16. The second-order valence-electron chi connectivity index (χ2n) is 5.13. The first-order valence-electron chi connectivity index (χ1n) is 6.71. The highest BCUT2D eigenvalue weighted by molar-refractivity contribution is 5.97. The Morgan fingerprint density at radius 1 is 1.05 bits per heavy atom. The number of amides is 1. The minimum absolute atomic E-state index is 0.0371. The standard InChI is InChI=1S/C17H20N2O/c1-11-5-4-6-12(2)16(11)17(20)19-13(3)14-7-9-15(18)10-8-14/h4-10,13H,18H2,1-3H3,(H,19,20). The van der Waals surface area contributed by atoms with Crippen LogP contribution in [0.25, 0.3) is 0 Å². The lowest BCUT2D eigenvalue weighted by atomic mass is 10.0. The molecule has 0 saturated heterocycles. The SMILES string of the molecule is Cc1cccc(C)c1C(=O)NC(C)c1ccc(N)cc1. The van der Waals surface area contributed by atoms with Crippen molar-refractivity contribution >= 4 is 11.6 Å². The number of carbonyl (C=O) groups excluding carboxylic acids is 1. The van der Waals surface area contributed by atoms with Gasteiger partial charge in [0.25, 0.3) is 5.91 Å². The van der Waals surface area contributed by atoms with Crippen molar-refractivity contribution in [3.8, 4) is 0 Å². The summed E-state index contributed by atoms with van der Waals surface area (Å²) in [6.07, 6.45) is 0. The molecule has 1 amide bonds. The average molecular weight is 268 g/mol. The summed E-state index contributed by atoms with van der Waals surface area (Å²) >= 11 is 0. The van der Waals surface area contributed by atoms with Crippen molar-refractivity contribution in [2.75, 3.05) is 5.73 Å². The molecular weight excluding hydrogens is 248 g/mol. The van der Waals surface area contributed by atoms with E-state index < -0.39 is 0 Å². The molecule has 0 spiro atoms. The molecule has 2 aromatic rings. The number of nitrogen functional groups attached to an aromatic ring is 1. The Labute approximate surface area is 119 Å². The van der Waals surface area contributed by atoms with Gasteiger partial charge in [-0.2, -0.15) is 0 Å². The van der Waals surface area contributed by atoms with E-state index in [1.165, 1.54) is 0 Å². The molecule has 0 aliphatic rings. The highest BCUT2D eigenvalue weighted by atomic mass is 16.1. The van der Waals surface area contributed by atoms with E-state index in [0.29, 0.717) is 0 Å². The molecule has 0 fully saturated rings. The fourth-order valence-electron chi connectivity index (χ4n) is 2.31. The summed E-state index contributed by atoms with van der Waals surface area (Å²) in [7, 11) is 0. The maximum absolute atomic E-state index is 12.4. The second-order valence-corrected chi connectivity index (χ2v) is 5.13. The molecule has 3 N–H and O–H groups in total. The van der Waals surface area contributed by atoms with Crippen LogP contribution in [0.15, 0.2) is 42.5 Å². The number of hydrogen-bond donors (Lipinski definition) is 2. The van der Waals surface area contributed by atoms with Crippen molar-refractivity contribution in [3.05, 3.63) is 64.7 Å². The summed E-state index contributed by atoms with van der Waals surface area (Å²) in [5.41, 5.74) is 10.2. The summed E-state index contributed by atoms with van der Waals surface area (Å²) in [5, 5.41) is 3.03. The first kappa shape index (κ1) is 14.1. The van der Waals surface area contributed by atoms with Crippen LogP contribution in [0.5, 0.6) is 0 Å². The zero-order valence-electron chi connectivity index (χ0n) is 12.1. The van der Waals surface area contributed by atoms with Gasteiger partial charge in [0.15, 0.2) is 0 Å². The minimum atomic E-state index is -0.0536. The van der Waals surface area contributed by atoms with E-state index in [1.54, 1.807) is 0 Å². The van der Waals surface area contributed by atoms with Crippen molar-refractivity contribution in [1.29, 1.82) is 0 Å². The number of carbonyl (C=O) groups is 1. The minimum Gasteiger partial charge on any atom is -0.399 e. The maximum atomic E-state index is 12.4. The van der Waals surface area contributed by atoms with Crippen molar-refractivity contribution < 1.29 is 4.79 Å². The van der Waals surface area contributed by atoms with Crippen molar-refractivity contribution in [2.45, 2.75) is 26.8 Å². The summed E-state index contributed by atoms with van der Waals surface area (Å²) in [4.78, 5) is 12.4. The number of nitrogens with two attached hydrogens (primary N) is 1. The van der Waals surface area contributed by atoms with Crippen molar-refractivity contribution in [2.24, 2.45) is 0 Å². The van der Waals surface area contributed by atoms with Gasteiger partial charge >= 0.3 is 0 Å². The van der Waals surface area contributed by atoms with Crippen LogP contribution in [-0.4, -0.2) is 5.91 Å². The largest absolute Gasteiger partial charge is 0.399 e. The Balaban J connectivity index is 2.17. The second kappa shape index (κ2) is 5.78. The smallest absolute Gasteiger partial charge is 0.252 e. The van der Waals surface area contributed by atoms with Gasteiger partial charge in [-0.1, -0.05) is 30.3 Å². The van der Waals surface area contributed by atoms with E-state index in [0.717, 1.165) is 27.9 Å². The Kier molecular flexibility index (Phi) is 4.08. The number of hydrogen-bond acceptors (Lipinski definition) is 2. The zero-order valence-corrected chi connectivity index (χ0v) is 12.1. The van der Waals surface area contributed by atoms with Gasteiger partial charge in [-0.25, -0.2) is 0 Å². The van der Waals surface area contributed by atoms with Gasteiger partial charge in [0.2, 0.25) is 0 Å². The van der Waals surface area contributed by atoms with Crippen LogP contribution in [0.4, 0.5) is 5.69 Å². The molecule has 0 aromatic heterocycles. The predicted octanol–water partition coefficient (Wildman–Crippen LogP) is 3.38. The molecule has 1 unspecified atom stereocenters. The quantitative estimate of drug-likeness (QED) is 0.838. The summed E-state index contributed by atoms with van der Waals surface area (Å²) in [5.74, 6) is -0.0371. The van der Waals surface area contributed by atoms with Crippen LogP contribution in [-0.2, 0) is 0 Å². The van der Waals surface area contributed by atoms with Gasteiger partial charge in [-0.15, -0.1) is 0 Å². The maximum Gasteiger partial charge on any atom is 0.252 e. The van der Waals surface area contributed by atoms with Crippen molar-refractivity contribution in [3.63, 3.8) is 0 Å². The summed E-state index contributed by atoms with van der Waals surface area (Å²) < 4.78 is 0. The Morgan fingerprint density at radius 2 is 1.60 bits per heavy atom. The van der Waals surface area contributed by atoms with E-state index in [9.17, 15) is 4.79 Å². The average Bonchev–Trinajstić information content (AvgIpc) is 2.39. The third kappa shape index (κ3) is 2.99. The molecule has 0 aliphatic carbocycles. The van der Waals surface area contributed by atoms with E-state index in [2.05, 4.69) is 5.32 Å². The molecule has 1 atom stereocenters. The third-order valence-corrected chi connectivity index (χ3v) is 3.49. The first-order chi connectivity index (χ1) is 9.49. The molecule has 20 heavy (non-hydrogen) atoms. The normalized spacial score (nSPS) is 11.9. The number of aryl methyl sites for hydroxylation is 2. The van der Waals surface area contributed by atoms with Crippen LogP contribution in [0.2, 0.25) is 0 Å². The lowest BCUT2D eigenvalue weighted by Crippen LogP contribution is -2.28. The fraction of sp³-hybridized carbons (Fsp3) is 0.235. The Morgan fingerprint density at radius 3 is 2.15 bits per heavy atom. The highest BCUT2D eigenvalue weighted by Crippen LogP contribution is 2.17. The summed E-state index contributed by atoms with van der Waals surface area (Å²) in [6.45, 7) is 5.88. The molecule has 0 saturated carbocycles. The molecule has 104 valence electrons. The van der Waals surface area contributed by atoms with Gasteiger partial charge in [0.05, 0.1) is 6.04 Å². The van der Waals surface area contributed by atoms with Crippen molar-refractivity contribution in [1.82, 2.24) is 5.32 Å². The molecule has 0 heterocycles. The number of nitrogens with one attached hydrogen (secondary N) is 1. The Hall–Kier alpha value is -2.29. The van der Waals surface area contributed by atoms with Gasteiger partial charge in [-0.3, -0.25) is 4.79 Å². The van der Waals surface area contributed by atoms with Crippen LogP contribution in [0, 0.1) is 13.8 Å². The van der Waals surface area contributed by atoms with Crippen LogP contribution in [0.3, 0.4) is 0 Å². The van der Waals surface area contributed by atoms with Gasteiger partial charge in [0.1, 0.15) is 0 Å². The highest BCUT2D eigenvalue weighted by Gasteiger charge is 2.15. The van der Waals surface area contributed by atoms with Crippen LogP contribution in [0.1, 0.15) is 40.0 Å². The zero-order chi connectivity index (χ0) is 14.7. The van der Waals surface area contributed by atoms with E-state index in [4.69, 9.17) is 5.73 Å². The van der Waals surface area contributed by atoms with E-state index >= 15 is 0 Å². The van der Waals surface area contributed by atoms with E-state index in [-0.39, 0.29) is 11.9 Å². The van der Waals surface area contributed by atoms with Gasteiger partial charge in [-0.05, 0) is 49.6 Å². The lowest BCUT2D eigenvalue weighted by molar-refractivity contribution is 0.0938. The topological polar surface area (TPSA) is 55.1 Å². The molecule has 2 aromatic carbocycles. The summed E-state index contributed by atoms with van der Waals surface area (Å²) in [6, 6.07) is 13.4. The molecule has 2 rings (SSSR count). The fourth-order valence-corrected chi connectivity index (χ4v) is 2.31. The molecule has 3 heteroatoms. The van der Waals surface area contributed by atoms with Crippen LogP contribution >= 0.6 is 0 Å². The first-order valence-corrected chi connectivity index (χ1v) is 6.71. The number of anilines is 1. The molecule has 0 radical (unpaired) electrons. The van der Waals surface area contributed by atoms with Gasteiger partial charge < -0.3 is 11.1 Å². The molecule has 0 aliphatic heterocycles. The number of rotatable bonds is 3. The molecular formula is C17H20N2O. The molecule has 0 bridgehead atoms.